The van der Waals surface area contributed by atoms with E-state index >= 15 is 0 Å². The molecule has 43 valence electrons. The van der Waals surface area contributed by atoms with Crippen LogP contribution in [0, 0.1) is 6.42 Å². The molecule has 0 saturated carbocycles. The molecule has 7 heavy (non-hydrogen) atoms. The van der Waals surface area contributed by atoms with Crippen LogP contribution in [0.5, 0.6) is 0 Å². The van der Waals surface area contributed by atoms with Crippen molar-refractivity contribution in [3.8, 4) is 0 Å². The Hall–Kier alpha value is -0.0800. The highest BCUT2D eigenvalue weighted by Gasteiger charge is 1.82. The SMILES string of the molecule is OC[CH]CCCO. The van der Waals surface area contributed by atoms with Crippen LogP contribution in [0.2, 0.25) is 0 Å². The lowest BCUT2D eigenvalue weighted by atomic mass is 10.2. The second-order valence-electron chi connectivity index (χ2n) is 1.34. The van der Waals surface area contributed by atoms with Crippen molar-refractivity contribution in [1.29, 1.82) is 0 Å². The van der Waals surface area contributed by atoms with Crippen LogP contribution in [-0.2, 0) is 0 Å². The zero-order valence-electron chi connectivity index (χ0n) is 4.30. The number of hydrogen-bond donors (Lipinski definition) is 2. The van der Waals surface area contributed by atoms with Gasteiger partial charge in [-0.25, -0.2) is 0 Å². The Balaban J connectivity index is 2.45. The maximum atomic E-state index is 8.19. The molecule has 0 bridgehead atoms. The van der Waals surface area contributed by atoms with Gasteiger partial charge in [0, 0.05) is 13.2 Å². The van der Waals surface area contributed by atoms with Gasteiger partial charge in [0.25, 0.3) is 0 Å². The number of hydrogen-bond acceptors (Lipinski definition) is 2. The second kappa shape index (κ2) is 5.92. The average molecular weight is 103 g/mol. The summed E-state index contributed by atoms with van der Waals surface area (Å²) in [5.41, 5.74) is 0. The van der Waals surface area contributed by atoms with Gasteiger partial charge in [-0.2, -0.15) is 0 Å². The van der Waals surface area contributed by atoms with Crippen molar-refractivity contribution >= 4 is 0 Å². The van der Waals surface area contributed by atoms with Gasteiger partial charge >= 0.3 is 0 Å². The van der Waals surface area contributed by atoms with Gasteiger partial charge in [-0.05, 0) is 19.3 Å². The fourth-order valence-corrected chi connectivity index (χ4v) is 0.327. The number of aliphatic hydroxyl groups is 2. The molecule has 0 aromatic rings. The number of aliphatic hydroxyl groups excluding tert-OH is 2. The molecule has 2 N–H and O–H groups in total. The fourth-order valence-electron chi connectivity index (χ4n) is 0.327. The lowest BCUT2D eigenvalue weighted by molar-refractivity contribution is 0.279. The Morgan fingerprint density at radius 3 is 2.43 bits per heavy atom. The van der Waals surface area contributed by atoms with Crippen LogP contribution in [0.1, 0.15) is 12.8 Å². The van der Waals surface area contributed by atoms with Crippen molar-refractivity contribution < 1.29 is 10.2 Å². The number of rotatable bonds is 4. The first kappa shape index (κ1) is 6.92. The van der Waals surface area contributed by atoms with Crippen LogP contribution < -0.4 is 0 Å². The molecule has 0 saturated heterocycles. The van der Waals surface area contributed by atoms with E-state index in [0.717, 1.165) is 12.8 Å². The predicted octanol–water partition coefficient (Wildman–Crippen LogP) is -0.0445. The van der Waals surface area contributed by atoms with Crippen molar-refractivity contribution in [3.05, 3.63) is 6.42 Å². The summed E-state index contributed by atoms with van der Waals surface area (Å²) < 4.78 is 0. The van der Waals surface area contributed by atoms with Crippen LogP contribution in [0.15, 0.2) is 0 Å². The standard InChI is InChI=1S/C5H11O2/c6-4-2-1-3-5-7/h2,6-7H,1,3-5H2. The minimum Gasteiger partial charge on any atom is -0.396 e. The molecule has 1 radical (unpaired) electrons. The van der Waals surface area contributed by atoms with E-state index in [1.807, 2.05) is 0 Å². The highest BCUT2D eigenvalue weighted by Crippen LogP contribution is 1.88. The third-order valence-electron chi connectivity index (χ3n) is 0.695. The topological polar surface area (TPSA) is 40.5 Å². The maximum absolute atomic E-state index is 8.19. The van der Waals surface area contributed by atoms with Crippen molar-refractivity contribution in [2.24, 2.45) is 0 Å². The highest BCUT2D eigenvalue weighted by atomic mass is 16.3. The van der Waals surface area contributed by atoms with Gasteiger partial charge in [0.05, 0.1) is 0 Å². The molecule has 2 heteroatoms. The minimum absolute atomic E-state index is 0.125. The first-order chi connectivity index (χ1) is 3.41. The summed E-state index contributed by atoms with van der Waals surface area (Å²) in [7, 11) is 0. The monoisotopic (exact) mass is 103 g/mol. The summed E-state index contributed by atoms with van der Waals surface area (Å²) in [6, 6.07) is 0. The Morgan fingerprint density at radius 1 is 1.29 bits per heavy atom. The summed E-state index contributed by atoms with van der Waals surface area (Å²) in [6.45, 7) is 0.344. The van der Waals surface area contributed by atoms with Crippen LogP contribution in [0.3, 0.4) is 0 Å². The number of unbranched alkanes of at least 4 members (excludes halogenated alkanes) is 2. The molecule has 0 aliphatic rings. The quantitative estimate of drug-likeness (QED) is 0.490. The van der Waals surface area contributed by atoms with E-state index in [-0.39, 0.29) is 13.2 Å². The van der Waals surface area contributed by atoms with E-state index in [9.17, 15) is 0 Å². The van der Waals surface area contributed by atoms with E-state index in [1.165, 1.54) is 0 Å². The summed E-state index contributed by atoms with van der Waals surface area (Å²) in [5.74, 6) is 0. The lowest BCUT2D eigenvalue weighted by Gasteiger charge is -1.89. The molecular weight excluding hydrogens is 92.1 g/mol. The van der Waals surface area contributed by atoms with E-state index < -0.39 is 0 Å². The van der Waals surface area contributed by atoms with Gasteiger partial charge in [0.2, 0.25) is 0 Å². The average Bonchev–Trinajstić information content (AvgIpc) is 1.69. The Labute approximate surface area is 43.8 Å². The molecule has 0 fully saturated rings. The van der Waals surface area contributed by atoms with Crippen molar-refractivity contribution in [1.82, 2.24) is 0 Å². The van der Waals surface area contributed by atoms with Gasteiger partial charge in [0.1, 0.15) is 0 Å². The summed E-state index contributed by atoms with van der Waals surface area (Å²) in [4.78, 5) is 0. The first-order valence-electron chi connectivity index (χ1n) is 2.45. The zero-order valence-corrected chi connectivity index (χ0v) is 4.30. The smallest absolute Gasteiger partial charge is 0.0462 e. The molecular formula is C5H11O2. The summed E-state index contributed by atoms with van der Waals surface area (Å²) in [6.07, 6.45) is 3.31. The van der Waals surface area contributed by atoms with Crippen LogP contribution in [0.25, 0.3) is 0 Å². The third-order valence-corrected chi connectivity index (χ3v) is 0.695. The molecule has 0 amide bonds. The molecule has 0 aromatic carbocycles. The molecule has 0 rings (SSSR count). The first-order valence-corrected chi connectivity index (χ1v) is 2.45. The van der Waals surface area contributed by atoms with Gasteiger partial charge in [-0.15, -0.1) is 0 Å². The van der Waals surface area contributed by atoms with Crippen LogP contribution in [-0.4, -0.2) is 23.4 Å². The van der Waals surface area contributed by atoms with Gasteiger partial charge in [0.15, 0.2) is 0 Å². The van der Waals surface area contributed by atoms with Crippen molar-refractivity contribution in [2.75, 3.05) is 13.2 Å². The van der Waals surface area contributed by atoms with E-state index in [4.69, 9.17) is 10.2 Å². The minimum atomic E-state index is 0.125. The Morgan fingerprint density at radius 2 is 2.00 bits per heavy atom. The predicted molar refractivity (Wildman–Crippen MR) is 27.7 cm³/mol. The molecule has 0 heterocycles. The summed E-state index contributed by atoms with van der Waals surface area (Å²) >= 11 is 0. The lowest BCUT2D eigenvalue weighted by Crippen LogP contribution is -1.86. The Bertz CT molecular complexity index is 25.3. The fraction of sp³-hybridized carbons (Fsp3) is 0.800. The highest BCUT2D eigenvalue weighted by molar-refractivity contribution is 4.59. The molecule has 0 spiro atoms. The Kier molecular flexibility index (Phi) is 5.85. The van der Waals surface area contributed by atoms with E-state index in [2.05, 4.69) is 0 Å². The van der Waals surface area contributed by atoms with Gasteiger partial charge in [-0.3, -0.25) is 0 Å². The molecule has 0 aliphatic carbocycles. The molecule has 2 nitrogen and oxygen atoms in total. The maximum Gasteiger partial charge on any atom is 0.0462 e. The second-order valence-corrected chi connectivity index (χ2v) is 1.34. The van der Waals surface area contributed by atoms with E-state index in [0.29, 0.717) is 0 Å². The molecule has 0 atom stereocenters. The third kappa shape index (κ3) is 5.92. The van der Waals surface area contributed by atoms with Crippen LogP contribution in [0.4, 0.5) is 0 Å². The largest absolute Gasteiger partial charge is 0.396 e. The van der Waals surface area contributed by atoms with Crippen LogP contribution >= 0.6 is 0 Å². The molecule has 0 unspecified atom stereocenters. The normalized spacial score (nSPS) is 9.43. The summed E-state index contributed by atoms with van der Waals surface area (Å²) in [5, 5.41) is 16.3. The molecule has 0 aromatic heterocycles. The van der Waals surface area contributed by atoms with E-state index in [1.54, 1.807) is 6.42 Å². The van der Waals surface area contributed by atoms with Crippen molar-refractivity contribution in [3.63, 3.8) is 0 Å². The van der Waals surface area contributed by atoms with Gasteiger partial charge in [-0.1, -0.05) is 0 Å². The van der Waals surface area contributed by atoms with Crippen molar-refractivity contribution in [2.45, 2.75) is 12.8 Å². The zero-order chi connectivity index (χ0) is 5.54. The molecule has 0 aliphatic heterocycles. The van der Waals surface area contributed by atoms with Gasteiger partial charge < -0.3 is 10.2 Å².